The Morgan fingerprint density at radius 1 is 1.36 bits per heavy atom. The average Bonchev–Trinajstić information content (AvgIpc) is 2.20. The van der Waals surface area contributed by atoms with Crippen LogP contribution in [0.1, 0.15) is 0 Å². The quantitative estimate of drug-likeness (QED) is 0.533. The van der Waals surface area contributed by atoms with E-state index in [9.17, 15) is 5.21 Å². The number of aromatic nitrogens is 1. The molecular weight excluding hydrogens is 202 g/mol. The van der Waals surface area contributed by atoms with Crippen LogP contribution >= 0.6 is 11.6 Å². The molecule has 0 bridgehead atoms. The summed E-state index contributed by atoms with van der Waals surface area (Å²) in [5.41, 5.74) is 0.461. The summed E-state index contributed by atoms with van der Waals surface area (Å²) in [6, 6.07) is 6.83. The Balaban J connectivity index is 2.92. The number of rotatable bonds is 1. The maximum atomic E-state index is 11.5. The Labute approximate surface area is 86.1 Å². The first-order valence-electron chi connectivity index (χ1n) is 4.08. The monoisotopic (exact) mass is 209 g/mol. The minimum Gasteiger partial charge on any atom is -0.618 e. The Kier molecular flexibility index (Phi) is 2.17. The standard InChI is InChI=1S/C10H8ClNO2/c1-14-9-5-4-8(11)7-3-2-6-12(13)10(7)9/h2-6H,1H3. The average molecular weight is 210 g/mol. The first-order chi connectivity index (χ1) is 6.74. The molecule has 0 spiro atoms. The van der Waals surface area contributed by atoms with E-state index in [1.54, 1.807) is 24.3 Å². The van der Waals surface area contributed by atoms with Gasteiger partial charge in [-0.15, -0.1) is 0 Å². The van der Waals surface area contributed by atoms with Gasteiger partial charge in [0.15, 0.2) is 11.9 Å². The summed E-state index contributed by atoms with van der Waals surface area (Å²) in [5, 5.41) is 12.7. The van der Waals surface area contributed by atoms with E-state index in [4.69, 9.17) is 16.3 Å². The molecule has 0 N–H and O–H groups in total. The topological polar surface area (TPSA) is 36.2 Å². The second-order valence-electron chi connectivity index (χ2n) is 2.85. The molecule has 1 aromatic carbocycles. The van der Waals surface area contributed by atoms with E-state index in [2.05, 4.69) is 0 Å². The van der Waals surface area contributed by atoms with Gasteiger partial charge in [-0.3, -0.25) is 0 Å². The van der Waals surface area contributed by atoms with Gasteiger partial charge in [0.1, 0.15) is 0 Å². The molecule has 0 aliphatic heterocycles. The van der Waals surface area contributed by atoms with Crippen LogP contribution in [-0.4, -0.2) is 7.11 Å². The first-order valence-corrected chi connectivity index (χ1v) is 4.46. The molecule has 1 aromatic heterocycles. The molecule has 0 amide bonds. The zero-order chi connectivity index (χ0) is 10.1. The van der Waals surface area contributed by atoms with Gasteiger partial charge >= 0.3 is 0 Å². The summed E-state index contributed by atoms with van der Waals surface area (Å²) in [4.78, 5) is 0. The van der Waals surface area contributed by atoms with Gasteiger partial charge in [-0.2, -0.15) is 4.73 Å². The molecule has 0 saturated heterocycles. The summed E-state index contributed by atoms with van der Waals surface area (Å²) in [5.74, 6) is 0.528. The van der Waals surface area contributed by atoms with E-state index in [1.807, 2.05) is 0 Å². The molecule has 2 aromatic rings. The number of ether oxygens (including phenoxy) is 1. The van der Waals surface area contributed by atoms with Crippen LogP contribution in [0, 0.1) is 5.21 Å². The van der Waals surface area contributed by atoms with Gasteiger partial charge in [0.05, 0.1) is 17.5 Å². The molecular formula is C10H8ClNO2. The van der Waals surface area contributed by atoms with E-state index in [0.717, 1.165) is 4.73 Å². The lowest BCUT2D eigenvalue weighted by Gasteiger charge is -2.06. The van der Waals surface area contributed by atoms with Gasteiger partial charge < -0.3 is 9.94 Å². The molecule has 0 radical (unpaired) electrons. The van der Waals surface area contributed by atoms with Crippen LogP contribution in [0.25, 0.3) is 10.9 Å². The highest BCUT2D eigenvalue weighted by molar-refractivity contribution is 6.35. The summed E-state index contributed by atoms with van der Waals surface area (Å²) < 4.78 is 5.83. The highest BCUT2D eigenvalue weighted by Gasteiger charge is 2.12. The molecule has 0 atom stereocenters. The van der Waals surface area contributed by atoms with Crippen LogP contribution in [0.15, 0.2) is 30.5 Å². The third-order valence-corrected chi connectivity index (χ3v) is 2.38. The van der Waals surface area contributed by atoms with Crippen LogP contribution in [0.2, 0.25) is 5.02 Å². The van der Waals surface area contributed by atoms with Crippen molar-refractivity contribution >= 4 is 22.5 Å². The van der Waals surface area contributed by atoms with E-state index >= 15 is 0 Å². The van der Waals surface area contributed by atoms with Crippen molar-refractivity contribution in [3.8, 4) is 5.75 Å². The van der Waals surface area contributed by atoms with Crippen molar-refractivity contribution in [3.63, 3.8) is 0 Å². The fraction of sp³-hybridized carbons (Fsp3) is 0.100. The summed E-state index contributed by atoms with van der Waals surface area (Å²) in [6.45, 7) is 0. The lowest BCUT2D eigenvalue weighted by Crippen LogP contribution is -2.26. The van der Waals surface area contributed by atoms with Gasteiger partial charge in [0.2, 0.25) is 0 Å². The Morgan fingerprint density at radius 2 is 2.14 bits per heavy atom. The van der Waals surface area contributed by atoms with Crippen LogP contribution in [0.3, 0.4) is 0 Å². The van der Waals surface area contributed by atoms with Crippen LogP contribution in [0.4, 0.5) is 0 Å². The number of methoxy groups -OCH3 is 1. The van der Waals surface area contributed by atoms with Crippen molar-refractivity contribution in [3.05, 3.63) is 40.7 Å². The van der Waals surface area contributed by atoms with Crippen molar-refractivity contribution < 1.29 is 9.47 Å². The Morgan fingerprint density at radius 3 is 2.86 bits per heavy atom. The fourth-order valence-corrected chi connectivity index (χ4v) is 1.62. The second kappa shape index (κ2) is 3.35. The molecule has 1 heterocycles. The molecule has 2 rings (SSSR count). The predicted molar refractivity (Wildman–Crippen MR) is 54.5 cm³/mol. The zero-order valence-corrected chi connectivity index (χ0v) is 8.28. The third-order valence-electron chi connectivity index (χ3n) is 2.05. The van der Waals surface area contributed by atoms with Crippen molar-refractivity contribution in [1.82, 2.24) is 0 Å². The number of hydrogen-bond acceptors (Lipinski definition) is 2. The predicted octanol–water partition coefficient (Wildman–Crippen LogP) is 2.14. The first kappa shape index (κ1) is 9.09. The van der Waals surface area contributed by atoms with E-state index in [0.29, 0.717) is 21.7 Å². The second-order valence-corrected chi connectivity index (χ2v) is 3.25. The summed E-state index contributed by atoms with van der Waals surface area (Å²) in [7, 11) is 1.52. The van der Waals surface area contributed by atoms with Crippen molar-refractivity contribution in [2.75, 3.05) is 7.11 Å². The van der Waals surface area contributed by atoms with Gasteiger partial charge in [-0.25, -0.2) is 0 Å². The molecule has 0 unspecified atom stereocenters. The number of nitrogens with zero attached hydrogens (tertiary/aromatic N) is 1. The smallest absolute Gasteiger partial charge is 0.267 e. The van der Waals surface area contributed by atoms with E-state index < -0.39 is 0 Å². The fourth-order valence-electron chi connectivity index (χ4n) is 1.41. The minimum absolute atomic E-state index is 0.461. The third kappa shape index (κ3) is 1.26. The SMILES string of the molecule is COc1ccc(Cl)c2ccc[n+]([O-])c12. The van der Waals surface area contributed by atoms with Crippen LogP contribution in [-0.2, 0) is 0 Å². The lowest BCUT2D eigenvalue weighted by atomic mass is 10.2. The maximum Gasteiger partial charge on any atom is 0.267 e. The molecule has 0 fully saturated rings. The number of fused-ring (bicyclic) bond motifs is 1. The van der Waals surface area contributed by atoms with Crippen LogP contribution < -0.4 is 9.47 Å². The maximum absolute atomic E-state index is 11.5. The molecule has 0 saturated carbocycles. The van der Waals surface area contributed by atoms with E-state index in [1.165, 1.54) is 13.3 Å². The van der Waals surface area contributed by atoms with Crippen molar-refractivity contribution in [2.45, 2.75) is 0 Å². The van der Waals surface area contributed by atoms with Crippen LogP contribution in [0.5, 0.6) is 5.75 Å². The van der Waals surface area contributed by atoms with Crippen molar-refractivity contribution in [2.24, 2.45) is 0 Å². The van der Waals surface area contributed by atoms with Gasteiger partial charge in [-0.1, -0.05) is 11.6 Å². The van der Waals surface area contributed by atoms with Gasteiger partial charge in [-0.05, 0) is 18.2 Å². The van der Waals surface area contributed by atoms with Crippen molar-refractivity contribution in [1.29, 1.82) is 0 Å². The summed E-state index contributed by atoms with van der Waals surface area (Å²) >= 11 is 5.95. The number of benzene rings is 1. The molecule has 14 heavy (non-hydrogen) atoms. The lowest BCUT2D eigenvalue weighted by molar-refractivity contribution is -0.577. The molecule has 72 valence electrons. The van der Waals surface area contributed by atoms with E-state index in [-0.39, 0.29) is 0 Å². The highest BCUT2D eigenvalue weighted by Crippen LogP contribution is 2.28. The molecule has 0 aliphatic rings. The number of hydrogen-bond donors (Lipinski definition) is 0. The highest BCUT2D eigenvalue weighted by atomic mass is 35.5. The Bertz CT molecular complexity index is 485. The number of pyridine rings is 1. The number of halogens is 1. The molecule has 4 heteroatoms. The minimum atomic E-state index is 0.461. The molecule has 0 aliphatic carbocycles. The Hall–Kier alpha value is -1.48. The zero-order valence-electron chi connectivity index (χ0n) is 7.53. The summed E-state index contributed by atoms with van der Waals surface area (Å²) in [6.07, 6.45) is 1.42. The molecule has 3 nitrogen and oxygen atoms in total. The largest absolute Gasteiger partial charge is 0.618 e. The van der Waals surface area contributed by atoms with Gasteiger partial charge in [0, 0.05) is 6.07 Å². The van der Waals surface area contributed by atoms with Gasteiger partial charge in [0.25, 0.3) is 5.52 Å². The normalized spacial score (nSPS) is 10.4.